The number of aryl methyl sites for hydroxylation is 1. The van der Waals surface area contributed by atoms with E-state index >= 15 is 0 Å². The number of hydrogen-bond acceptors (Lipinski definition) is 6. The zero-order chi connectivity index (χ0) is 17.8. The quantitative estimate of drug-likeness (QED) is 0.867. The molecule has 0 bridgehead atoms. The molecular formula is C18H23N3O4. The van der Waals surface area contributed by atoms with E-state index in [1.165, 1.54) is 0 Å². The van der Waals surface area contributed by atoms with E-state index in [1.807, 2.05) is 18.2 Å². The van der Waals surface area contributed by atoms with E-state index in [9.17, 15) is 4.79 Å². The van der Waals surface area contributed by atoms with Crippen molar-refractivity contribution < 1.29 is 18.8 Å². The van der Waals surface area contributed by atoms with Crippen LogP contribution >= 0.6 is 0 Å². The van der Waals surface area contributed by atoms with Crippen LogP contribution < -0.4 is 14.8 Å². The number of methoxy groups -OCH3 is 2. The number of likely N-dealkylation sites (tertiary alicyclic amines) is 1. The van der Waals surface area contributed by atoms with Gasteiger partial charge in [-0.1, -0.05) is 11.2 Å². The average molecular weight is 345 g/mol. The predicted molar refractivity (Wildman–Crippen MR) is 93.0 cm³/mol. The van der Waals surface area contributed by atoms with Crippen LogP contribution in [0.4, 0.5) is 5.82 Å². The summed E-state index contributed by atoms with van der Waals surface area (Å²) < 4.78 is 15.8. The molecule has 1 atom stereocenters. The van der Waals surface area contributed by atoms with Gasteiger partial charge in [-0.25, -0.2) is 0 Å². The van der Waals surface area contributed by atoms with Gasteiger partial charge in [0.05, 0.1) is 20.8 Å². The number of amides is 1. The first kappa shape index (κ1) is 17.3. The van der Waals surface area contributed by atoms with Crippen LogP contribution in [0.1, 0.15) is 30.2 Å². The summed E-state index contributed by atoms with van der Waals surface area (Å²) in [5, 5.41) is 6.57. The van der Waals surface area contributed by atoms with Gasteiger partial charge in [0.2, 0.25) is 5.91 Å². The van der Waals surface area contributed by atoms with Gasteiger partial charge in [0.25, 0.3) is 0 Å². The largest absolute Gasteiger partial charge is 0.497 e. The summed E-state index contributed by atoms with van der Waals surface area (Å²) in [7, 11) is 3.28. The lowest BCUT2D eigenvalue weighted by molar-refractivity contribution is -0.117. The lowest BCUT2D eigenvalue weighted by Gasteiger charge is -2.25. The summed E-state index contributed by atoms with van der Waals surface area (Å²) in [5.41, 5.74) is 1.07. The minimum atomic E-state index is -0.104. The Balaban J connectivity index is 1.71. The van der Waals surface area contributed by atoms with Gasteiger partial charge in [0.15, 0.2) is 5.82 Å². The Morgan fingerprint density at radius 3 is 2.88 bits per heavy atom. The van der Waals surface area contributed by atoms with Crippen LogP contribution in [0.2, 0.25) is 0 Å². The number of anilines is 1. The minimum absolute atomic E-state index is 0.104. The van der Waals surface area contributed by atoms with Crippen LogP contribution in [-0.2, 0) is 4.79 Å². The molecule has 0 spiro atoms. The topological polar surface area (TPSA) is 76.8 Å². The Bertz CT molecular complexity index is 744. The SMILES string of the molecule is COc1ccc([C@H]2CCCN2CC(=O)Nc2cc(C)on2)c(OC)c1. The van der Waals surface area contributed by atoms with Gasteiger partial charge in [0, 0.05) is 23.7 Å². The van der Waals surface area contributed by atoms with E-state index in [-0.39, 0.29) is 11.9 Å². The molecule has 1 aliphatic heterocycles. The Hall–Kier alpha value is -2.54. The van der Waals surface area contributed by atoms with Crippen molar-refractivity contribution >= 4 is 11.7 Å². The number of hydrogen-bond donors (Lipinski definition) is 1. The molecule has 7 nitrogen and oxygen atoms in total. The number of nitrogens with one attached hydrogen (secondary N) is 1. The minimum Gasteiger partial charge on any atom is -0.497 e. The van der Waals surface area contributed by atoms with E-state index in [2.05, 4.69) is 15.4 Å². The number of aromatic nitrogens is 1. The second kappa shape index (κ2) is 7.57. The molecule has 7 heteroatoms. The van der Waals surface area contributed by atoms with Gasteiger partial charge in [-0.05, 0) is 32.4 Å². The summed E-state index contributed by atoms with van der Waals surface area (Å²) in [6.07, 6.45) is 2.02. The summed E-state index contributed by atoms with van der Waals surface area (Å²) in [6, 6.07) is 7.66. The van der Waals surface area contributed by atoms with Crippen molar-refractivity contribution in [2.45, 2.75) is 25.8 Å². The summed E-state index contributed by atoms with van der Waals surface area (Å²) >= 11 is 0. The maximum atomic E-state index is 12.3. The molecule has 1 saturated heterocycles. The van der Waals surface area contributed by atoms with Crippen molar-refractivity contribution in [1.29, 1.82) is 0 Å². The maximum absolute atomic E-state index is 12.3. The highest BCUT2D eigenvalue weighted by Crippen LogP contribution is 2.38. The second-order valence-electron chi connectivity index (χ2n) is 6.11. The van der Waals surface area contributed by atoms with Crippen LogP contribution in [0.5, 0.6) is 11.5 Å². The Labute approximate surface area is 146 Å². The molecule has 0 aliphatic carbocycles. The van der Waals surface area contributed by atoms with E-state index < -0.39 is 0 Å². The first-order chi connectivity index (χ1) is 12.1. The van der Waals surface area contributed by atoms with Gasteiger partial charge in [-0.2, -0.15) is 0 Å². The molecule has 1 aromatic heterocycles. The lowest BCUT2D eigenvalue weighted by Crippen LogP contribution is -2.33. The molecule has 1 N–H and O–H groups in total. The van der Waals surface area contributed by atoms with Crippen molar-refractivity contribution in [3.8, 4) is 11.5 Å². The van der Waals surface area contributed by atoms with Gasteiger partial charge in [-0.15, -0.1) is 0 Å². The molecule has 0 unspecified atom stereocenters. The van der Waals surface area contributed by atoms with Crippen LogP contribution in [0, 0.1) is 6.92 Å². The first-order valence-electron chi connectivity index (χ1n) is 8.30. The highest BCUT2D eigenvalue weighted by atomic mass is 16.5. The van der Waals surface area contributed by atoms with Crippen LogP contribution in [0.15, 0.2) is 28.8 Å². The molecular weight excluding hydrogens is 322 g/mol. The van der Waals surface area contributed by atoms with E-state index in [4.69, 9.17) is 14.0 Å². The fourth-order valence-corrected chi connectivity index (χ4v) is 3.25. The molecule has 0 saturated carbocycles. The van der Waals surface area contributed by atoms with Crippen LogP contribution in [0.25, 0.3) is 0 Å². The average Bonchev–Trinajstić information content (AvgIpc) is 3.23. The Morgan fingerprint density at radius 1 is 1.36 bits per heavy atom. The molecule has 2 heterocycles. The van der Waals surface area contributed by atoms with Gasteiger partial charge >= 0.3 is 0 Å². The molecule has 1 fully saturated rings. The predicted octanol–water partition coefficient (Wildman–Crippen LogP) is 2.78. The Morgan fingerprint density at radius 2 is 2.20 bits per heavy atom. The van der Waals surface area contributed by atoms with Crippen molar-refractivity contribution in [2.75, 3.05) is 32.6 Å². The third kappa shape index (κ3) is 3.93. The number of rotatable bonds is 6. The third-order valence-electron chi connectivity index (χ3n) is 4.41. The normalized spacial score (nSPS) is 17.5. The number of ether oxygens (including phenoxy) is 2. The van der Waals surface area contributed by atoms with Crippen molar-refractivity contribution in [1.82, 2.24) is 10.1 Å². The first-order valence-corrected chi connectivity index (χ1v) is 8.30. The van der Waals surface area contributed by atoms with Crippen molar-refractivity contribution in [2.24, 2.45) is 0 Å². The Kier molecular flexibility index (Phi) is 5.23. The van der Waals surface area contributed by atoms with Gasteiger partial charge < -0.3 is 19.3 Å². The molecule has 3 rings (SSSR count). The third-order valence-corrected chi connectivity index (χ3v) is 4.41. The van der Waals surface area contributed by atoms with E-state index in [1.54, 1.807) is 27.2 Å². The summed E-state index contributed by atoms with van der Waals surface area (Å²) in [5.74, 6) is 2.54. The molecule has 0 radical (unpaired) electrons. The zero-order valence-corrected chi connectivity index (χ0v) is 14.7. The number of carbonyl (C=O) groups is 1. The van der Waals surface area contributed by atoms with E-state index in [0.29, 0.717) is 18.1 Å². The van der Waals surface area contributed by atoms with Crippen molar-refractivity contribution in [3.63, 3.8) is 0 Å². The number of benzene rings is 1. The summed E-state index contributed by atoms with van der Waals surface area (Å²) in [4.78, 5) is 14.5. The molecule has 2 aromatic rings. The zero-order valence-electron chi connectivity index (χ0n) is 14.7. The molecule has 1 amide bonds. The smallest absolute Gasteiger partial charge is 0.239 e. The molecule has 134 valence electrons. The standard InChI is InChI=1S/C18H23N3O4/c1-12-9-17(20-25-12)19-18(22)11-21-8-4-5-15(21)14-7-6-13(23-2)10-16(14)24-3/h6-7,9-10,15H,4-5,8,11H2,1-3H3,(H,19,20,22)/t15-/m1/s1. The summed E-state index contributed by atoms with van der Waals surface area (Å²) in [6.45, 7) is 2.95. The number of nitrogens with zero attached hydrogens (tertiary/aromatic N) is 2. The highest BCUT2D eigenvalue weighted by Gasteiger charge is 2.30. The fourth-order valence-electron chi connectivity index (χ4n) is 3.25. The second-order valence-corrected chi connectivity index (χ2v) is 6.11. The van der Waals surface area contributed by atoms with E-state index in [0.717, 1.165) is 36.4 Å². The highest BCUT2D eigenvalue weighted by molar-refractivity contribution is 5.91. The van der Waals surface area contributed by atoms with Gasteiger partial charge in [-0.3, -0.25) is 9.69 Å². The van der Waals surface area contributed by atoms with Gasteiger partial charge in [0.1, 0.15) is 17.3 Å². The van der Waals surface area contributed by atoms with Crippen LogP contribution in [0.3, 0.4) is 0 Å². The fraction of sp³-hybridized carbons (Fsp3) is 0.444. The molecule has 1 aromatic carbocycles. The van der Waals surface area contributed by atoms with Crippen molar-refractivity contribution in [3.05, 3.63) is 35.6 Å². The molecule has 25 heavy (non-hydrogen) atoms. The van der Waals surface area contributed by atoms with Crippen LogP contribution in [-0.4, -0.2) is 43.3 Å². The maximum Gasteiger partial charge on any atom is 0.239 e. The molecule has 1 aliphatic rings. The number of carbonyl (C=O) groups excluding carboxylic acids is 1. The lowest BCUT2D eigenvalue weighted by atomic mass is 10.0. The monoisotopic (exact) mass is 345 g/mol.